The van der Waals surface area contributed by atoms with Crippen LogP contribution in [0.2, 0.25) is 0 Å². The zero-order valence-electron chi connectivity index (χ0n) is 16.7. The van der Waals surface area contributed by atoms with E-state index < -0.39 is 0 Å². The van der Waals surface area contributed by atoms with Crippen molar-refractivity contribution in [2.75, 3.05) is 31.1 Å². The number of imidazole rings is 1. The van der Waals surface area contributed by atoms with Crippen LogP contribution in [0.5, 0.6) is 0 Å². The smallest absolute Gasteiger partial charge is 0.272 e. The molecule has 3 aromatic rings. The van der Waals surface area contributed by atoms with Crippen LogP contribution in [0.1, 0.15) is 23.0 Å². The molecule has 0 aliphatic carbocycles. The van der Waals surface area contributed by atoms with Gasteiger partial charge in [-0.15, -0.1) is 0 Å². The standard InChI is InChI=1S/C22H24FN5O/c1-3-28-20-7-5-4-6-18(20)25-22(28)27-12-15-10-26(11-16(15)13-27)21(29)19-8-14(2)17(23)9-24-19/h4-9,15-16H,3,10-13H2,1-2H3. The van der Waals surface area contributed by atoms with Gasteiger partial charge in [0.05, 0.1) is 17.2 Å². The van der Waals surface area contributed by atoms with Crippen LogP contribution >= 0.6 is 0 Å². The molecule has 5 rings (SSSR count). The Balaban J connectivity index is 1.32. The largest absolute Gasteiger partial charge is 0.342 e. The van der Waals surface area contributed by atoms with Crippen molar-refractivity contribution in [2.24, 2.45) is 11.8 Å². The number of anilines is 1. The minimum absolute atomic E-state index is 0.102. The summed E-state index contributed by atoms with van der Waals surface area (Å²) in [7, 11) is 0. The zero-order valence-corrected chi connectivity index (χ0v) is 16.7. The van der Waals surface area contributed by atoms with Gasteiger partial charge in [0.25, 0.3) is 5.91 Å². The third-order valence-electron chi connectivity index (χ3n) is 6.27. The van der Waals surface area contributed by atoms with E-state index in [1.54, 1.807) is 13.0 Å². The van der Waals surface area contributed by atoms with E-state index in [9.17, 15) is 9.18 Å². The molecule has 4 heterocycles. The first-order valence-corrected chi connectivity index (χ1v) is 10.2. The van der Waals surface area contributed by atoms with E-state index in [2.05, 4.69) is 33.5 Å². The molecule has 7 heteroatoms. The average molecular weight is 393 g/mol. The maximum absolute atomic E-state index is 13.5. The highest BCUT2D eigenvalue weighted by Crippen LogP contribution is 2.35. The van der Waals surface area contributed by atoms with E-state index in [0.717, 1.165) is 42.8 Å². The molecule has 2 aromatic heterocycles. The number of carbonyl (C=O) groups excluding carboxylic acids is 1. The highest BCUT2D eigenvalue weighted by molar-refractivity contribution is 5.92. The maximum atomic E-state index is 13.5. The minimum atomic E-state index is -0.380. The molecule has 2 aliphatic rings. The molecule has 2 aliphatic heterocycles. The van der Waals surface area contributed by atoms with E-state index in [4.69, 9.17) is 4.98 Å². The summed E-state index contributed by atoms with van der Waals surface area (Å²) in [6.07, 6.45) is 1.14. The predicted molar refractivity (Wildman–Crippen MR) is 109 cm³/mol. The highest BCUT2D eigenvalue weighted by atomic mass is 19.1. The SMILES string of the molecule is CCn1c(N2CC3CN(C(=O)c4cc(C)c(F)cn4)CC3C2)nc2ccccc21. The fourth-order valence-electron chi connectivity index (χ4n) is 4.76. The number of fused-ring (bicyclic) bond motifs is 2. The molecule has 2 unspecified atom stereocenters. The van der Waals surface area contributed by atoms with Crippen LogP contribution in [0.3, 0.4) is 0 Å². The van der Waals surface area contributed by atoms with E-state index in [1.165, 1.54) is 0 Å². The Hall–Kier alpha value is -2.96. The molecule has 1 amide bonds. The summed E-state index contributed by atoms with van der Waals surface area (Å²) >= 11 is 0. The number of aryl methyl sites for hydroxylation is 2. The number of carbonyl (C=O) groups is 1. The number of para-hydroxylation sites is 2. The second-order valence-electron chi connectivity index (χ2n) is 8.10. The van der Waals surface area contributed by atoms with E-state index in [0.29, 0.717) is 36.2 Å². The van der Waals surface area contributed by atoms with E-state index >= 15 is 0 Å². The lowest BCUT2D eigenvalue weighted by Crippen LogP contribution is -2.34. The van der Waals surface area contributed by atoms with Crippen LogP contribution in [0.4, 0.5) is 10.3 Å². The Morgan fingerprint density at radius 3 is 2.59 bits per heavy atom. The van der Waals surface area contributed by atoms with Gasteiger partial charge in [-0.25, -0.2) is 14.4 Å². The van der Waals surface area contributed by atoms with E-state index in [1.807, 2.05) is 17.0 Å². The van der Waals surface area contributed by atoms with Crippen molar-refractivity contribution < 1.29 is 9.18 Å². The van der Waals surface area contributed by atoms with Gasteiger partial charge in [-0.05, 0) is 37.6 Å². The number of rotatable bonds is 3. The van der Waals surface area contributed by atoms with Gasteiger partial charge in [-0.1, -0.05) is 12.1 Å². The third kappa shape index (κ3) is 2.96. The summed E-state index contributed by atoms with van der Waals surface area (Å²) in [5, 5.41) is 0. The number of amides is 1. The molecule has 0 bridgehead atoms. The molecule has 6 nitrogen and oxygen atoms in total. The number of benzene rings is 1. The average Bonchev–Trinajstić information content (AvgIpc) is 3.39. The molecule has 2 saturated heterocycles. The molecule has 1 aromatic carbocycles. The fourth-order valence-corrected chi connectivity index (χ4v) is 4.76. The molecule has 0 N–H and O–H groups in total. The normalized spacial score (nSPS) is 21.2. The second-order valence-corrected chi connectivity index (χ2v) is 8.10. The molecule has 0 saturated carbocycles. The molecule has 0 radical (unpaired) electrons. The molecule has 2 fully saturated rings. The van der Waals surface area contributed by atoms with Crippen molar-refractivity contribution in [3.63, 3.8) is 0 Å². The summed E-state index contributed by atoms with van der Waals surface area (Å²) in [6, 6.07) is 9.78. The van der Waals surface area contributed by atoms with Crippen LogP contribution in [0.25, 0.3) is 11.0 Å². The van der Waals surface area contributed by atoms with Gasteiger partial charge in [0.15, 0.2) is 0 Å². The lowest BCUT2D eigenvalue weighted by atomic mass is 10.0. The Bertz CT molecular complexity index is 1080. The van der Waals surface area contributed by atoms with Crippen molar-refractivity contribution in [1.82, 2.24) is 19.4 Å². The maximum Gasteiger partial charge on any atom is 0.272 e. The van der Waals surface area contributed by atoms with Crippen molar-refractivity contribution in [1.29, 1.82) is 0 Å². The Kier molecular flexibility index (Phi) is 4.26. The van der Waals surface area contributed by atoms with Gasteiger partial charge >= 0.3 is 0 Å². The van der Waals surface area contributed by atoms with Gasteiger partial charge in [-0.3, -0.25) is 4.79 Å². The van der Waals surface area contributed by atoms with Crippen LogP contribution in [-0.2, 0) is 6.54 Å². The van der Waals surface area contributed by atoms with Crippen LogP contribution in [-0.4, -0.2) is 51.5 Å². The summed E-state index contributed by atoms with van der Waals surface area (Å²) in [5.41, 5.74) is 2.97. The molecule has 0 spiro atoms. The minimum Gasteiger partial charge on any atom is -0.342 e. The van der Waals surface area contributed by atoms with Gasteiger partial charge < -0.3 is 14.4 Å². The summed E-state index contributed by atoms with van der Waals surface area (Å²) in [4.78, 5) is 25.9. The van der Waals surface area contributed by atoms with Crippen molar-refractivity contribution in [2.45, 2.75) is 20.4 Å². The van der Waals surface area contributed by atoms with Crippen LogP contribution in [0, 0.1) is 24.6 Å². The third-order valence-corrected chi connectivity index (χ3v) is 6.27. The number of aromatic nitrogens is 3. The monoisotopic (exact) mass is 393 g/mol. The summed E-state index contributed by atoms with van der Waals surface area (Å²) in [6.45, 7) is 7.90. The molecule has 29 heavy (non-hydrogen) atoms. The second kappa shape index (κ2) is 6.83. The van der Waals surface area contributed by atoms with Crippen LogP contribution < -0.4 is 4.90 Å². The number of hydrogen-bond donors (Lipinski definition) is 0. The topological polar surface area (TPSA) is 54.3 Å². The first-order chi connectivity index (χ1) is 14.0. The first-order valence-electron chi connectivity index (χ1n) is 10.2. The Morgan fingerprint density at radius 2 is 1.90 bits per heavy atom. The Labute approximate surface area is 169 Å². The zero-order chi connectivity index (χ0) is 20.1. The predicted octanol–water partition coefficient (Wildman–Crippen LogP) is 3.11. The van der Waals surface area contributed by atoms with Crippen molar-refractivity contribution in [3.05, 3.63) is 53.6 Å². The molecular weight excluding hydrogens is 369 g/mol. The number of likely N-dealkylation sites (tertiary alicyclic amines) is 1. The van der Waals surface area contributed by atoms with E-state index in [-0.39, 0.29) is 11.7 Å². The van der Waals surface area contributed by atoms with Crippen molar-refractivity contribution in [3.8, 4) is 0 Å². The quantitative estimate of drug-likeness (QED) is 0.686. The van der Waals surface area contributed by atoms with Crippen LogP contribution in [0.15, 0.2) is 36.5 Å². The van der Waals surface area contributed by atoms with Crippen molar-refractivity contribution >= 4 is 22.9 Å². The van der Waals surface area contributed by atoms with Gasteiger partial charge in [0.1, 0.15) is 11.5 Å². The van der Waals surface area contributed by atoms with Gasteiger partial charge in [0, 0.05) is 44.6 Å². The van der Waals surface area contributed by atoms with Gasteiger partial charge in [0.2, 0.25) is 5.95 Å². The fraction of sp³-hybridized carbons (Fsp3) is 0.409. The number of nitrogens with zero attached hydrogens (tertiary/aromatic N) is 5. The molecule has 150 valence electrons. The molecular formula is C22H24FN5O. The number of pyridine rings is 1. The molecule has 2 atom stereocenters. The summed E-state index contributed by atoms with van der Waals surface area (Å²) in [5.74, 6) is 1.39. The van der Waals surface area contributed by atoms with Gasteiger partial charge in [-0.2, -0.15) is 0 Å². The lowest BCUT2D eigenvalue weighted by molar-refractivity contribution is 0.0776. The number of hydrogen-bond acceptors (Lipinski definition) is 4. The first kappa shape index (κ1) is 18.1. The lowest BCUT2D eigenvalue weighted by Gasteiger charge is -2.23. The Morgan fingerprint density at radius 1 is 1.17 bits per heavy atom. The number of halogens is 1. The highest BCUT2D eigenvalue weighted by Gasteiger charge is 2.43. The summed E-state index contributed by atoms with van der Waals surface area (Å²) < 4.78 is 15.7.